The second kappa shape index (κ2) is 5.34. The fourth-order valence-corrected chi connectivity index (χ4v) is 1.73. The first kappa shape index (κ1) is 14.1. The van der Waals surface area contributed by atoms with Gasteiger partial charge in [-0.3, -0.25) is 0 Å². The molecule has 0 atom stereocenters. The minimum Gasteiger partial charge on any atom is -0.324 e. The lowest BCUT2D eigenvalue weighted by Gasteiger charge is -2.13. The average molecular weight is 353 g/mol. The number of benzene rings is 1. The fraction of sp³-hybridized carbons (Fsp3) is 0.0909. The van der Waals surface area contributed by atoms with Gasteiger partial charge >= 0.3 is 6.18 Å². The van der Waals surface area contributed by atoms with E-state index in [9.17, 15) is 13.2 Å². The molecule has 0 aliphatic rings. The number of hydrogen-bond donors (Lipinski definition) is 1. The van der Waals surface area contributed by atoms with Crippen molar-refractivity contribution >= 4 is 39.2 Å². The standard InChI is InChI=1S/C11H6BrClF3N3/c12-6-4-17-10(18-5-6)19-9-2-1-7(13)3-8(9)11(14,15)16/h1-5H,(H,17,18,19). The Kier molecular flexibility index (Phi) is 3.96. The number of anilines is 2. The van der Waals surface area contributed by atoms with Crippen molar-refractivity contribution in [2.75, 3.05) is 5.32 Å². The van der Waals surface area contributed by atoms with Crippen LogP contribution in [0.15, 0.2) is 35.1 Å². The summed E-state index contributed by atoms with van der Waals surface area (Å²) in [6.07, 6.45) is -1.65. The highest BCUT2D eigenvalue weighted by atomic mass is 79.9. The number of halogens is 5. The molecule has 0 saturated heterocycles. The molecule has 1 aromatic carbocycles. The van der Waals surface area contributed by atoms with E-state index in [-0.39, 0.29) is 16.7 Å². The van der Waals surface area contributed by atoms with Crippen LogP contribution >= 0.6 is 27.5 Å². The van der Waals surface area contributed by atoms with Crippen LogP contribution in [0.2, 0.25) is 5.02 Å². The zero-order valence-electron chi connectivity index (χ0n) is 9.17. The molecule has 8 heteroatoms. The van der Waals surface area contributed by atoms with Crippen LogP contribution < -0.4 is 5.32 Å². The van der Waals surface area contributed by atoms with Gasteiger partial charge in [0.25, 0.3) is 0 Å². The molecule has 1 aromatic heterocycles. The van der Waals surface area contributed by atoms with Crippen molar-refractivity contribution in [3.63, 3.8) is 0 Å². The summed E-state index contributed by atoms with van der Waals surface area (Å²) in [6.45, 7) is 0. The number of nitrogens with one attached hydrogen (secondary N) is 1. The van der Waals surface area contributed by atoms with Crippen LogP contribution in [0.25, 0.3) is 0 Å². The molecule has 0 saturated carbocycles. The minimum atomic E-state index is -4.51. The molecule has 0 aliphatic heterocycles. The van der Waals surface area contributed by atoms with Crippen LogP contribution in [0.5, 0.6) is 0 Å². The fourth-order valence-electron chi connectivity index (χ4n) is 1.36. The van der Waals surface area contributed by atoms with E-state index < -0.39 is 11.7 Å². The monoisotopic (exact) mass is 351 g/mol. The van der Waals surface area contributed by atoms with Gasteiger partial charge in [0.2, 0.25) is 5.95 Å². The molecule has 2 rings (SSSR count). The summed E-state index contributed by atoms with van der Waals surface area (Å²) in [5.74, 6) is 0.0658. The van der Waals surface area contributed by atoms with E-state index in [0.717, 1.165) is 6.07 Å². The molecule has 2 aromatic rings. The van der Waals surface area contributed by atoms with Crippen molar-refractivity contribution in [2.24, 2.45) is 0 Å². The maximum absolute atomic E-state index is 12.8. The van der Waals surface area contributed by atoms with E-state index in [1.54, 1.807) is 0 Å². The summed E-state index contributed by atoms with van der Waals surface area (Å²) >= 11 is 8.72. The molecular formula is C11H6BrClF3N3. The van der Waals surface area contributed by atoms with E-state index in [1.807, 2.05) is 0 Å². The van der Waals surface area contributed by atoms with Gasteiger partial charge in [-0.25, -0.2) is 9.97 Å². The highest BCUT2D eigenvalue weighted by Crippen LogP contribution is 2.37. The molecule has 0 amide bonds. The Balaban J connectivity index is 2.37. The third kappa shape index (κ3) is 3.57. The van der Waals surface area contributed by atoms with E-state index in [0.29, 0.717) is 4.47 Å². The van der Waals surface area contributed by atoms with Crippen molar-refractivity contribution < 1.29 is 13.2 Å². The highest BCUT2D eigenvalue weighted by Gasteiger charge is 2.34. The number of nitrogens with zero attached hydrogens (tertiary/aromatic N) is 2. The van der Waals surface area contributed by atoms with Gasteiger partial charge in [-0.05, 0) is 34.1 Å². The Labute approximate surface area is 120 Å². The molecular weight excluding hydrogens is 346 g/mol. The number of alkyl halides is 3. The lowest BCUT2D eigenvalue weighted by molar-refractivity contribution is -0.136. The molecule has 0 aliphatic carbocycles. The highest BCUT2D eigenvalue weighted by molar-refractivity contribution is 9.10. The van der Waals surface area contributed by atoms with Crippen molar-refractivity contribution in [1.29, 1.82) is 0 Å². The van der Waals surface area contributed by atoms with Gasteiger partial charge in [-0.1, -0.05) is 11.6 Å². The Morgan fingerprint density at radius 2 is 1.79 bits per heavy atom. The van der Waals surface area contributed by atoms with Crippen LogP contribution in [-0.4, -0.2) is 9.97 Å². The van der Waals surface area contributed by atoms with Crippen LogP contribution in [0.3, 0.4) is 0 Å². The van der Waals surface area contributed by atoms with Crippen LogP contribution in [0.4, 0.5) is 24.8 Å². The summed E-state index contributed by atoms with van der Waals surface area (Å²) < 4.78 is 39.2. The summed E-state index contributed by atoms with van der Waals surface area (Å²) in [5.41, 5.74) is -1.02. The van der Waals surface area contributed by atoms with Crippen LogP contribution in [-0.2, 0) is 6.18 Å². The first-order chi connectivity index (χ1) is 8.86. The van der Waals surface area contributed by atoms with Gasteiger partial charge < -0.3 is 5.32 Å². The first-order valence-corrected chi connectivity index (χ1v) is 6.14. The molecule has 0 fully saturated rings. The van der Waals surface area contributed by atoms with Crippen molar-refractivity contribution in [1.82, 2.24) is 9.97 Å². The van der Waals surface area contributed by atoms with Gasteiger partial charge in [0.1, 0.15) is 0 Å². The predicted molar refractivity (Wildman–Crippen MR) is 69.5 cm³/mol. The maximum Gasteiger partial charge on any atom is 0.418 e. The maximum atomic E-state index is 12.8. The van der Waals surface area contributed by atoms with E-state index in [1.165, 1.54) is 24.5 Å². The third-order valence-corrected chi connectivity index (χ3v) is 2.80. The second-order valence-electron chi connectivity index (χ2n) is 3.54. The smallest absolute Gasteiger partial charge is 0.324 e. The third-order valence-electron chi connectivity index (χ3n) is 2.15. The van der Waals surface area contributed by atoms with E-state index >= 15 is 0 Å². The van der Waals surface area contributed by atoms with Gasteiger partial charge in [-0.2, -0.15) is 13.2 Å². The molecule has 19 heavy (non-hydrogen) atoms. The van der Waals surface area contributed by atoms with E-state index in [4.69, 9.17) is 11.6 Å². The van der Waals surface area contributed by atoms with Crippen LogP contribution in [0, 0.1) is 0 Å². The van der Waals surface area contributed by atoms with Crippen molar-refractivity contribution in [3.8, 4) is 0 Å². The lowest BCUT2D eigenvalue weighted by Crippen LogP contribution is -2.09. The van der Waals surface area contributed by atoms with Gasteiger partial charge in [0.05, 0.1) is 15.7 Å². The zero-order valence-corrected chi connectivity index (χ0v) is 11.5. The zero-order chi connectivity index (χ0) is 14.0. The Morgan fingerprint density at radius 3 is 2.37 bits per heavy atom. The molecule has 1 heterocycles. The molecule has 1 N–H and O–H groups in total. The number of hydrogen-bond acceptors (Lipinski definition) is 3. The summed E-state index contributed by atoms with van der Waals surface area (Å²) in [7, 11) is 0. The molecule has 0 bridgehead atoms. The largest absolute Gasteiger partial charge is 0.418 e. The summed E-state index contributed by atoms with van der Waals surface area (Å²) in [4.78, 5) is 7.70. The molecule has 0 spiro atoms. The first-order valence-electron chi connectivity index (χ1n) is 4.97. The number of aromatic nitrogens is 2. The summed E-state index contributed by atoms with van der Waals surface area (Å²) in [5, 5.41) is 2.52. The van der Waals surface area contributed by atoms with Gasteiger partial charge in [-0.15, -0.1) is 0 Å². The Morgan fingerprint density at radius 1 is 1.16 bits per heavy atom. The normalized spacial score (nSPS) is 11.4. The summed E-state index contributed by atoms with van der Waals surface area (Å²) in [6, 6.07) is 3.44. The number of rotatable bonds is 2. The second-order valence-corrected chi connectivity index (χ2v) is 4.89. The lowest BCUT2D eigenvalue weighted by atomic mass is 10.1. The van der Waals surface area contributed by atoms with Crippen molar-refractivity contribution in [3.05, 3.63) is 45.7 Å². The SMILES string of the molecule is FC(F)(F)c1cc(Cl)ccc1Nc1ncc(Br)cn1. The molecule has 0 unspecified atom stereocenters. The average Bonchev–Trinajstić information content (AvgIpc) is 2.33. The quantitative estimate of drug-likeness (QED) is 0.854. The van der Waals surface area contributed by atoms with Gasteiger partial charge in [0.15, 0.2) is 0 Å². The predicted octanol–water partition coefficient (Wildman–Crippen LogP) is 4.65. The van der Waals surface area contributed by atoms with Gasteiger partial charge in [0, 0.05) is 17.4 Å². The molecule has 3 nitrogen and oxygen atoms in total. The topological polar surface area (TPSA) is 37.8 Å². The Hall–Kier alpha value is -1.34. The van der Waals surface area contributed by atoms with Crippen LogP contribution in [0.1, 0.15) is 5.56 Å². The van der Waals surface area contributed by atoms with Crippen molar-refractivity contribution in [2.45, 2.75) is 6.18 Å². The molecule has 100 valence electrons. The minimum absolute atomic E-state index is 0.00889. The molecule has 0 radical (unpaired) electrons. The Bertz CT molecular complexity index is 587. The van der Waals surface area contributed by atoms with E-state index in [2.05, 4.69) is 31.2 Å².